The molecular formula is C8H11N5S. The molecule has 14 heavy (non-hydrogen) atoms. The lowest BCUT2D eigenvalue weighted by molar-refractivity contribution is 0.783. The first-order valence-corrected chi connectivity index (χ1v) is 5.11. The highest BCUT2D eigenvalue weighted by Gasteiger charge is 2.05. The summed E-state index contributed by atoms with van der Waals surface area (Å²) in [4.78, 5) is 0. The van der Waals surface area contributed by atoms with Crippen molar-refractivity contribution in [3.8, 4) is 5.13 Å². The molecule has 2 heterocycles. The van der Waals surface area contributed by atoms with Crippen LogP contribution in [0.4, 0.5) is 0 Å². The van der Waals surface area contributed by atoms with E-state index in [1.165, 1.54) is 11.3 Å². The lowest BCUT2D eigenvalue weighted by Gasteiger charge is -1.91. The Labute approximate surface area is 85.8 Å². The molecule has 0 saturated carbocycles. The van der Waals surface area contributed by atoms with Crippen LogP contribution in [-0.2, 0) is 6.54 Å². The molecule has 0 unspecified atom stereocenters. The highest BCUT2D eigenvalue weighted by Crippen LogP contribution is 2.13. The van der Waals surface area contributed by atoms with Gasteiger partial charge in [-0.25, -0.2) is 4.68 Å². The van der Waals surface area contributed by atoms with Gasteiger partial charge in [-0.1, -0.05) is 11.3 Å². The average Bonchev–Trinajstić information content (AvgIpc) is 2.74. The summed E-state index contributed by atoms with van der Waals surface area (Å²) in [5.41, 5.74) is 0.982. The highest BCUT2D eigenvalue weighted by atomic mass is 32.1. The van der Waals surface area contributed by atoms with Crippen LogP contribution in [0, 0.1) is 6.92 Å². The van der Waals surface area contributed by atoms with Crippen LogP contribution in [0.2, 0.25) is 0 Å². The van der Waals surface area contributed by atoms with Gasteiger partial charge in [-0.05, 0) is 20.0 Å². The van der Waals surface area contributed by atoms with E-state index in [1.807, 2.05) is 26.2 Å². The van der Waals surface area contributed by atoms with Crippen molar-refractivity contribution in [2.24, 2.45) is 0 Å². The molecule has 0 spiro atoms. The Kier molecular flexibility index (Phi) is 2.55. The van der Waals surface area contributed by atoms with E-state index in [0.717, 1.165) is 22.4 Å². The van der Waals surface area contributed by atoms with E-state index in [1.54, 1.807) is 4.68 Å². The van der Waals surface area contributed by atoms with E-state index in [9.17, 15) is 0 Å². The Morgan fingerprint density at radius 1 is 1.50 bits per heavy atom. The number of rotatable bonds is 3. The molecule has 1 N–H and O–H groups in total. The Bertz CT molecular complexity index is 419. The van der Waals surface area contributed by atoms with Crippen LogP contribution in [0.25, 0.3) is 5.13 Å². The first kappa shape index (κ1) is 9.29. The van der Waals surface area contributed by atoms with E-state index in [0.29, 0.717) is 0 Å². The Morgan fingerprint density at radius 2 is 2.36 bits per heavy atom. The summed E-state index contributed by atoms with van der Waals surface area (Å²) in [5.74, 6) is 0. The average molecular weight is 209 g/mol. The van der Waals surface area contributed by atoms with Gasteiger partial charge < -0.3 is 5.32 Å². The predicted octanol–water partition coefficient (Wildman–Crippen LogP) is 0.752. The molecule has 2 aromatic heterocycles. The topological polar surface area (TPSA) is 55.6 Å². The van der Waals surface area contributed by atoms with E-state index in [4.69, 9.17) is 0 Å². The molecule has 0 aliphatic rings. The molecule has 0 fully saturated rings. The third-order valence-electron chi connectivity index (χ3n) is 1.70. The fraction of sp³-hybridized carbons (Fsp3) is 0.375. The molecule has 74 valence electrons. The molecule has 2 aromatic rings. The Morgan fingerprint density at radius 3 is 3.00 bits per heavy atom. The van der Waals surface area contributed by atoms with Crippen LogP contribution in [0.15, 0.2) is 12.3 Å². The van der Waals surface area contributed by atoms with Gasteiger partial charge in [-0.3, -0.25) is 0 Å². The van der Waals surface area contributed by atoms with Crippen molar-refractivity contribution in [2.75, 3.05) is 7.05 Å². The summed E-state index contributed by atoms with van der Waals surface area (Å²) in [5, 5.41) is 17.2. The molecule has 0 aromatic carbocycles. The van der Waals surface area contributed by atoms with Gasteiger partial charge in [-0.15, -0.1) is 10.2 Å². The van der Waals surface area contributed by atoms with Crippen molar-refractivity contribution < 1.29 is 0 Å². The summed E-state index contributed by atoms with van der Waals surface area (Å²) in [6.07, 6.45) is 1.89. The largest absolute Gasteiger partial charge is 0.313 e. The number of hydrogen-bond donors (Lipinski definition) is 1. The molecule has 0 amide bonds. The summed E-state index contributed by atoms with van der Waals surface area (Å²) in [6, 6.07) is 1.94. The fourth-order valence-electron chi connectivity index (χ4n) is 1.08. The molecule has 0 radical (unpaired) electrons. The number of aromatic nitrogens is 4. The minimum atomic E-state index is 0.748. The minimum Gasteiger partial charge on any atom is -0.313 e. The van der Waals surface area contributed by atoms with E-state index in [-0.39, 0.29) is 0 Å². The van der Waals surface area contributed by atoms with Crippen molar-refractivity contribution in [3.05, 3.63) is 23.0 Å². The van der Waals surface area contributed by atoms with Gasteiger partial charge in [0.15, 0.2) is 0 Å². The molecular weight excluding hydrogens is 198 g/mol. The fourth-order valence-corrected chi connectivity index (χ4v) is 1.87. The predicted molar refractivity (Wildman–Crippen MR) is 54.5 cm³/mol. The molecule has 0 aliphatic carbocycles. The summed E-state index contributed by atoms with van der Waals surface area (Å²) >= 11 is 1.54. The second kappa shape index (κ2) is 3.85. The maximum absolute atomic E-state index is 4.26. The van der Waals surface area contributed by atoms with Gasteiger partial charge in [0.25, 0.3) is 0 Å². The van der Waals surface area contributed by atoms with Crippen molar-refractivity contribution in [3.63, 3.8) is 0 Å². The monoisotopic (exact) mass is 209 g/mol. The molecule has 6 heteroatoms. The minimum absolute atomic E-state index is 0.748. The highest BCUT2D eigenvalue weighted by molar-refractivity contribution is 7.13. The molecule has 5 nitrogen and oxygen atoms in total. The standard InChI is InChI=1S/C8H11N5S/c1-6-3-4-13(12-6)8-11-10-7(14-8)5-9-2/h3-4,9H,5H2,1-2H3. The molecule has 0 saturated heterocycles. The zero-order valence-corrected chi connectivity index (χ0v) is 8.88. The SMILES string of the molecule is CNCc1nnc(-n2ccc(C)n2)s1. The first-order chi connectivity index (χ1) is 6.79. The van der Waals surface area contributed by atoms with E-state index in [2.05, 4.69) is 20.6 Å². The summed E-state index contributed by atoms with van der Waals surface area (Å²) < 4.78 is 1.74. The zero-order valence-electron chi connectivity index (χ0n) is 8.06. The van der Waals surface area contributed by atoms with Gasteiger partial charge in [0.1, 0.15) is 5.01 Å². The van der Waals surface area contributed by atoms with E-state index >= 15 is 0 Å². The second-order valence-electron chi connectivity index (χ2n) is 2.91. The third-order valence-corrected chi connectivity index (χ3v) is 2.62. The normalized spacial score (nSPS) is 10.7. The first-order valence-electron chi connectivity index (χ1n) is 4.29. The Balaban J connectivity index is 2.24. The quantitative estimate of drug-likeness (QED) is 0.810. The third kappa shape index (κ3) is 1.80. The van der Waals surface area contributed by atoms with Crippen LogP contribution in [0.3, 0.4) is 0 Å². The second-order valence-corrected chi connectivity index (χ2v) is 3.95. The molecule has 0 bridgehead atoms. The summed E-state index contributed by atoms with van der Waals surface area (Å²) in [7, 11) is 1.89. The number of hydrogen-bond acceptors (Lipinski definition) is 5. The van der Waals surface area contributed by atoms with Gasteiger partial charge in [-0.2, -0.15) is 5.10 Å². The number of nitrogens with one attached hydrogen (secondary N) is 1. The number of aryl methyl sites for hydroxylation is 1. The molecule has 0 atom stereocenters. The lowest BCUT2D eigenvalue weighted by Crippen LogP contribution is -2.04. The number of nitrogens with zero attached hydrogens (tertiary/aromatic N) is 4. The Hall–Kier alpha value is -1.27. The smallest absolute Gasteiger partial charge is 0.232 e. The molecule has 0 aliphatic heterocycles. The van der Waals surface area contributed by atoms with Crippen LogP contribution in [0.5, 0.6) is 0 Å². The maximum atomic E-state index is 4.26. The van der Waals surface area contributed by atoms with Crippen molar-refractivity contribution in [1.82, 2.24) is 25.3 Å². The zero-order chi connectivity index (χ0) is 9.97. The molecule has 2 rings (SSSR count). The maximum Gasteiger partial charge on any atom is 0.232 e. The van der Waals surface area contributed by atoms with Crippen LogP contribution in [0.1, 0.15) is 10.7 Å². The van der Waals surface area contributed by atoms with Crippen LogP contribution < -0.4 is 5.32 Å². The van der Waals surface area contributed by atoms with E-state index < -0.39 is 0 Å². The van der Waals surface area contributed by atoms with Gasteiger partial charge in [0, 0.05) is 12.7 Å². The summed E-state index contributed by atoms with van der Waals surface area (Å²) in [6.45, 7) is 2.70. The van der Waals surface area contributed by atoms with Crippen LogP contribution >= 0.6 is 11.3 Å². The lowest BCUT2D eigenvalue weighted by atomic mass is 10.5. The van der Waals surface area contributed by atoms with Gasteiger partial charge >= 0.3 is 0 Å². The van der Waals surface area contributed by atoms with Crippen LogP contribution in [-0.4, -0.2) is 27.0 Å². The van der Waals surface area contributed by atoms with Crippen molar-refractivity contribution >= 4 is 11.3 Å². The van der Waals surface area contributed by atoms with Crippen molar-refractivity contribution in [2.45, 2.75) is 13.5 Å². The van der Waals surface area contributed by atoms with Crippen molar-refractivity contribution in [1.29, 1.82) is 0 Å². The van der Waals surface area contributed by atoms with Gasteiger partial charge in [0.2, 0.25) is 5.13 Å². The van der Waals surface area contributed by atoms with Gasteiger partial charge in [0.05, 0.1) is 5.69 Å².